The molecule has 1 aliphatic heterocycles. The lowest BCUT2D eigenvalue weighted by molar-refractivity contribution is -0.112. The van der Waals surface area contributed by atoms with Crippen LogP contribution in [0.25, 0.3) is 6.08 Å². The van der Waals surface area contributed by atoms with Gasteiger partial charge in [0, 0.05) is 30.4 Å². The number of nitrogens with zero attached hydrogens (tertiary/aromatic N) is 3. The van der Waals surface area contributed by atoms with Crippen LogP contribution < -0.4 is 10.2 Å². The van der Waals surface area contributed by atoms with Gasteiger partial charge in [-0.1, -0.05) is 25.0 Å². The van der Waals surface area contributed by atoms with Gasteiger partial charge in [-0.3, -0.25) is 10.1 Å². The van der Waals surface area contributed by atoms with Crippen LogP contribution in [0.3, 0.4) is 0 Å². The maximum Gasteiger partial charge on any atom is 0.268 e. The van der Waals surface area contributed by atoms with Gasteiger partial charge in [0.05, 0.1) is 0 Å². The van der Waals surface area contributed by atoms with Gasteiger partial charge in [-0.2, -0.15) is 5.26 Å². The summed E-state index contributed by atoms with van der Waals surface area (Å²) in [6.45, 7) is 2.18. The molecule has 0 bridgehead atoms. The first-order valence-corrected chi connectivity index (χ1v) is 9.32. The van der Waals surface area contributed by atoms with E-state index < -0.39 is 5.91 Å². The van der Waals surface area contributed by atoms with Crippen LogP contribution in [0.5, 0.6) is 0 Å². The first kappa shape index (κ1) is 17.2. The molecule has 1 aromatic heterocycles. The molecular weight excluding hydrogens is 332 g/mol. The lowest BCUT2D eigenvalue weighted by Crippen LogP contribution is -2.23. The number of carbonyl (C=O) groups excluding carboxylic acids is 1. The van der Waals surface area contributed by atoms with Gasteiger partial charge in [-0.15, -0.1) is 11.3 Å². The Labute approximate surface area is 151 Å². The summed E-state index contributed by atoms with van der Waals surface area (Å²) < 4.78 is 0. The minimum atomic E-state index is -0.436. The van der Waals surface area contributed by atoms with Crippen LogP contribution >= 0.6 is 11.3 Å². The molecule has 0 unspecified atom stereocenters. The molecule has 1 aromatic carbocycles. The van der Waals surface area contributed by atoms with Crippen LogP contribution in [0.1, 0.15) is 31.2 Å². The predicted molar refractivity (Wildman–Crippen MR) is 101 cm³/mol. The second-order valence-electron chi connectivity index (χ2n) is 5.95. The molecule has 128 valence electrons. The number of hydrogen-bond donors (Lipinski definition) is 1. The van der Waals surface area contributed by atoms with Gasteiger partial charge in [0.25, 0.3) is 5.91 Å². The van der Waals surface area contributed by atoms with E-state index in [-0.39, 0.29) is 5.57 Å². The van der Waals surface area contributed by atoms with Gasteiger partial charge in [0.15, 0.2) is 5.13 Å². The number of carbonyl (C=O) groups is 1. The van der Waals surface area contributed by atoms with E-state index in [9.17, 15) is 10.1 Å². The molecule has 0 atom stereocenters. The van der Waals surface area contributed by atoms with E-state index in [1.165, 1.54) is 42.7 Å². The minimum absolute atomic E-state index is 0.0673. The Hall–Kier alpha value is -2.65. The quantitative estimate of drug-likeness (QED) is 0.665. The minimum Gasteiger partial charge on any atom is -0.372 e. The highest BCUT2D eigenvalue weighted by Crippen LogP contribution is 2.21. The number of benzene rings is 1. The molecule has 6 heteroatoms. The summed E-state index contributed by atoms with van der Waals surface area (Å²) in [4.78, 5) is 18.6. The Morgan fingerprint density at radius 2 is 1.92 bits per heavy atom. The lowest BCUT2D eigenvalue weighted by atomic mass is 10.1. The van der Waals surface area contributed by atoms with E-state index in [2.05, 4.69) is 27.3 Å². The van der Waals surface area contributed by atoms with Gasteiger partial charge in [-0.05, 0) is 36.6 Å². The van der Waals surface area contributed by atoms with E-state index in [1.807, 2.05) is 18.2 Å². The summed E-state index contributed by atoms with van der Waals surface area (Å²) in [6, 6.07) is 9.99. The molecule has 25 heavy (non-hydrogen) atoms. The molecular formula is C19H20N4OS. The number of hydrogen-bond acceptors (Lipinski definition) is 5. The Morgan fingerprint density at radius 3 is 2.52 bits per heavy atom. The number of thiazole rings is 1. The molecule has 2 heterocycles. The predicted octanol–water partition coefficient (Wildman–Crippen LogP) is 4.07. The lowest BCUT2D eigenvalue weighted by Gasteiger charge is -2.22. The highest BCUT2D eigenvalue weighted by molar-refractivity contribution is 7.13. The van der Waals surface area contributed by atoms with Gasteiger partial charge >= 0.3 is 0 Å². The topological polar surface area (TPSA) is 69.0 Å². The fraction of sp³-hybridized carbons (Fsp3) is 0.316. The van der Waals surface area contributed by atoms with Crippen molar-refractivity contribution in [2.45, 2.75) is 25.7 Å². The first-order valence-electron chi connectivity index (χ1n) is 8.44. The number of aromatic nitrogens is 1. The standard InChI is InChI=1S/C19H20N4OS/c20-14-16(18(24)22-19-21-9-12-25-19)13-15-5-7-17(8-6-15)23-10-3-1-2-4-11-23/h5-9,12-13H,1-4,10-11H2,(H,21,22,24)/b16-13+. The fourth-order valence-electron chi connectivity index (χ4n) is 2.88. The average Bonchev–Trinajstić information content (AvgIpc) is 2.99. The zero-order chi connectivity index (χ0) is 17.5. The third kappa shape index (κ3) is 4.68. The molecule has 1 amide bonds. The summed E-state index contributed by atoms with van der Waals surface area (Å²) in [5.74, 6) is -0.436. The monoisotopic (exact) mass is 352 g/mol. The SMILES string of the molecule is N#C/C(=C\c1ccc(N2CCCCCC2)cc1)C(=O)Nc1nccs1. The summed E-state index contributed by atoms with van der Waals surface area (Å²) >= 11 is 1.32. The van der Waals surface area contributed by atoms with E-state index in [0.29, 0.717) is 5.13 Å². The molecule has 0 radical (unpaired) electrons. The summed E-state index contributed by atoms with van der Waals surface area (Å²) in [5, 5.41) is 14.2. The zero-order valence-electron chi connectivity index (χ0n) is 13.9. The Kier molecular flexibility index (Phi) is 5.81. The molecule has 1 N–H and O–H groups in total. The van der Waals surface area contributed by atoms with Crippen molar-refractivity contribution in [2.75, 3.05) is 23.3 Å². The number of rotatable bonds is 4. The van der Waals surface area contributed by atoms with Crippen molar-refractivity contribution < 1.29 is 4.79 Å². The summed E-state index contributed by atoms with van der Waals surface area (Å²) in [7, 11) is 0. The van der Waals surface area contributed by atoms with E-state index in [1.54, 1.807) is 17.7 Å². The van der Waals surface area contributed by atoms with Crippen molar-refractivity contribution >= 4 is 34.1 Å². The van der Waals surface area contributed by atoms with Crippen LogP contribution in [0.4, 0.5) is 10.8 Å². The second-order valence-corrected chi connectivity index (χ2v) is 6.85. The van der Waals surface area contributed by atoms with E-state index >= 15 is 0 Å². The van der Waals surface area contributed by atoms with Gasteiger partial charge < -0.3 is 4.90 Å². The van der Waals surface area contributed by atoms with Crippen molar-refractivity contribution in [1.82, 2.24) is 4.98 Å². The van der Waals surface area contributed by atoms with Crippen molar-refractivity contribution in [3.63, 3.8) is 0 Å². The number of amides is 1. The Balaban J connectivity index is 1.70. The first-order chi connectivity index (χ1) is 12.3. The average molecular weight is 352 g/mol. The van der Waals surface area contributed by atoms with Crippen LogP contribution in [0, 0.1) is 11.3 Å². The van der Waals surface area contributed by atoms with Crippen LogP contribution in [0.2, 0.25) is 0 Å². The largest absolute Gasteiger partial charge is 0.372 e. The molecule has 0 aliphatic carbocycles. The molecule has 1 aliphatic rings. The van der Waals surface area contributed by atoms with Crippen LogP contribution in [-0.2, 0) is 4.79 Å². The van der Waals surface area contributed by atoms with Crippen molar-refractivity contribution in [3.05, 3.63) is 47.0 Å². The Bertz CT molecular complexity index is 767. The molecule has 3 rings (SSSR count). The molecule has 5 nitrogen and oxygen atoms in total. The van der Waals surface area contributed by atoms with Gasteiger partial charge in [0.1, 0.15) is 11.6 Å². The van der Waals surface area contributed by atoms with Crippen molar-refractivity contribution in [3.8, 4) is 6.07 Å². The highest BCUT2D eigenvalue weighted by atomic mass is 32.1. The summed E-state index contributed by atoms with van der Waals surface area (Å²) in [5.41, 5.74) is 2.10. The zero-order valence-corrected chi connectivity index (χ0v) is 14.8. The molecule has 1 fully saturated rings. The maximum atomic E-state index is 12.2. The van der Waals surface area contributed by atoms with Gasteiger partial charge in [0.2, 0.25) is 0 Å². The Morgan fingerprint density at radius 1 is 1.20 bits per heavy atom. The third-order valence-electron chi connectivity index (χ3n) is 4.19. The highest BCUT2D eigenvalue weighted by Gasteiger charge is 2.12. The van der Waals surface area contributed by atoms with Crippen LogP contribution in [0.15, 0.2) is 41.4 Å². The maximum absolute atomic E-state index is 12.2. The third-order valence-corrected chi connectivity index (χ3v) is 4.88. The smallest absolute Gasteiger partial charge is 0.268 e. The molecule has 0 spiro atoms. The number of anilines is 2. The fourth-order valence-corrected chi connectivity index (χ4v) is 3.40. The number of nitrogens with one attached hydrogen (secondary N) is 1. The van der Waals surface area contributed by atoms with E-state index in [0.717, 1.165) is 18.7 Å². The molecule has 1 saturated heterocycles. The molecule has 2 aromatic rings. The van der Waals surface area contributed by atoms with Crippen molar-refractivity contribution in [2.24, 2.45) is 0 Å². The van der Waals surface area contributed by atoms with Crippen molar-refractivity contribution in [1.29, 1.82) is 5.26 Å². The van der Waals surface area contributed by atoms with Gasteiger partial charge in [-0.25, -0.2) is 4.98 Å². The normalized spacial score (nSPS) is 15.3. The number of nitriles is 1. The van der Waals surface area contributed by atoms with Crippen LogP contribution in [-0.4, -0.2) is 24.0 Å². The molecule has 0 saturated carbocycles. The van der Waals surface area contributed by atoms with E-state index in [4.69, 9.17) is 0 Å². The second kappa shape index (κ2) is 8.45. The summed E-state index contributed by atoms with van der Waals surface area (Å²) in [6.07, 6.45) is 8.29.